The fourth-order valence-corrected chi connectivity index (χ4v) is 10.9. The molecule has 288 valence electrons. The van der Waals surface area contributed by atoms with Crippen LogP contribution >= 0.6 is 0 Å². The molecule has 2 heteroatoms. The highest BCUT2D eigenvalue weighted by Gasteiger charge is 2.18. The van der Waals surface area contributed by atoms with Crippen molar-refractivity contribution in [2.75, 3.05) is 0 Å². The van der Waals surface area contributed by atoms with Crippen molar-refractivity contribution in [2.45, 2.75) is 0 Å². The van der Waals surface area contributed by atoms with Gasteiger partial charge in [-0.05, 0) is 151 Å². The summed E-state index contributed by atoms with van der Waals surface area (Å²) in [6.07, 6.45) is 0. The molecule has 0 unspecified atom stereocenters. The van der Waals surface area contributed by atoms with E-state index in [2.05, 4.69) is 193 Å². The molecule has 0 spiro atoms. The molecule has 0 fully saturated rings. The summed E-state index contributed by atoms with van der Waals surface area (Å²) in [7, 11) is 0. The first-order valence-corrected chi connectivity index (χ1v) is 21.5. The van der Waals surface area contributed by atoms with Gasteiger partial charge in [0.25, 0.3) is 0 Å². The van der Waals surface area contributed by atoms with Crippen LogP contribution in [0.1, 0.15) is 0 Å². The summed E-state index contributed by atoms with van der Waals surface area (Å²) in [5, 5.41) is 21.7. The highest BCUT2D eigenvalue weighted by molar-refractivity contribution is 6.30. The zero-order chi connectivity index (χ0) is 41.3. The number of hydrogen-bond acceptors (Lipinski definition) is 1. The minimum absolute atomic E-state index is 0.676. The van der Waals surface area contributed by atoms with Crippen LogP contribution in [0.5, 0.6) is 0 Å². The molecular weight excluding hydrogens is 763 g/mol. The van der Waals surface area contributed by atoms with Gasteiger partial charge in [-0.15, -0.1) is 0 Å². The lowest BCUT2D eigenvalue weighted by atomic mass is 9.86. The molecule has 0 saturated heterocycles. The van der Waals surface area contributed by atoms with E-state index in [1.165, 1.54) is 103 Å². The molecule has 63 heavy (non-hydrogen) atoms. The van der Waals surface area contributed by atoms with Gasteiger partial charge in [-0.25, -0.2) is 4.85 Å². The zero-order valence-electron chi connectivity index (χ0n) is 33.9. The highest BCUT2D eigenvalue weighted by atomic mass is 16.3. The Labute approximate surface area is 361 Å². The third-order valence-electron chi connectivity index (χ3n) is 13.8. The van der Waals surface area contributed by atoms with Crippen molar-refractivity contribution in [1.82, 2.24) is 0 Å². The van der Waals surface area contributed by atoms with Crippen molar-refractivity contribution in [3.05, 3.63) is 212 Å². The number of hydrogen-bond donors (Lipinski definition) is 0. The lowest BCUT2D eigenvalue weighted by Crippen LogP contribution is -1.90. The fourth-order valence-electron chi connectivity index (χ4n) is 10.9. The molecule has 1 heterocycles. The van der Waals surface area contributed by atoms with Crippen LogP contribution in [0, 0.1) is 6.57 Å². The van der Waals surface area contributed by atoms with Crippen LogP contribution in [0.25, 0.3) is 146 Å². The van der Waals surface area contributed by atoms with Crippen molar-refractivity contribution in [3.63, 3.8) is 0 Å². The monoisotopic (exact) mass is 795 g/mol. The van der Waals surface area contributed by atoms with Crippen LogP contribution in [0.15, 0.2) is 205 Å². The Morgan fingerprint density at radius 3 is 1.62 bits per heavy atom. The summed E-state index contributed by atoms with van der Waals surface area (Å²) >= 11 is 0. The quantitative estimate of drug-likeness (QED) is 0.129. The maximum atomic E-state index is 7.64. The Bertz CT molecular complexity index is 4300. The van der Waals surface area contributed by atoms with Crippen LogP contribution < -0.4 is 0 Å². The number of furan rings is 1. The second kappa shape index (κ2) is 12.8. The third kappa shape index (κ3) is 4.88. The molecule has 13 aromatic carbocycles. The maximum absolute atomic E-state index is 7.64. The van der Waals surface area contributed by atoms with Gasteiger partial charge in [0.15, 0.2) is 5.69 Å². The van der Waals surface area contributed by atoms with E-state index >= 15 is 0 Å². The van der Waals surface area contributed by atoms with E-state index in [1.807, 2.05) is 12.1 Å². The molecule has 2 nitrogen and oxygen atoms in total. The molecule has 0 aliphatic carbocycles. The second-order valence-electron chi connectivity index (χ2n) is 17.0. The smallest absolute Gasteiger partial charge is 0.188 e. The van der Waals surface area contributed by atoms with Gasteiger partial charge in [0.2, 0.25) is 0 Å². The molecule has 0 amide bonds. The molecule has 0 radical (unpaired) electrons. The molecule has 0 saturated carbocycles. The Hall–Kier alpha value is -8.51. The average Bonchev–Trinajstić information content (AvgIpc) is 3.73. The first kappa shape index (κ1) is 34.2. The van der Waals surface area contributed by atoms with E-state index in [9.17, 15) is 0 Å². The number of fused-ring (bicyclic) bond motifs is 12. The predicted octanol–water partition coefficient (Wildman–Crippen LogP) is 17.8. The van der Waals surface area contributed by atoms with E-state index in [0.29, 0.717) is 5.69 Å². The lowest BCUT2D eigenvalue weighted by molar-refractivity contribution is 0.673. The van der Waals surface area contributed by atoms with Gasteiger partial charge in [0.05, 0.1) is 6.57 Å². The standard InChI is InChI=1S/C61H33NO/c1-62-42-30-40-19-18-38-21-24-50(52-26-23-41(31-42)59(40)60(38)52)49-29-28-43(45-10-4-5-11-46(45)49)37-16-14-35(15-17-37)39-22-25-51-54(32-39)47-12-6-7-13-48(47)55-33-57-53-27-20-36-8-2-3-9-44(36)61(53)63-58(57)34-56(51)55/h2-34H. The van der Waals surface area contributed by atoms with E-state index < -0.39 is 0 Å². The highest BCUT2D eigenvalue weighted by Crippen LogP contribution is 2.45. The van der Waals surface area contributed by atoms with Gasteiger partial charge >= 0.3 is 0 Å². The minimum atomic E-state index is 0.676. The molecule has 14 rings (SSSR count). The van der Waals surface area contributed by atoms with Crippen molar-refractivity contribution < 1.29 is 4.42 Å². The molecule has 0 bridgehead atoms. The summed E-state index contributed by atoms with van der Waals surface area (Å²) in [4.78, 5) is 3.74. The van der Waals surface area contributed by atoms with E-state index in [1.54, 1.807) is 0 Å². The number of rotatable bonds is 3. The van der Waals surface area contributed by atoms with E-state index in [4.69, 9.17) is 11.0 Å². The second-order valence-corrected chi connectivity index (χ2v) is 17.0. The van der Waals surface area contributed by atoms with Crippen LogP contribution in [0.2, 0.25) is 0 Å². The molecule has 0 aliphatic heterocycles. The Kier molecular flexibility index (Phi) is 6.93. The van der Waals surface area contributed by atoms with Crippen LogP contribution in [0.3, 0.4) is 0 Å². The number of nitrogens with zero attached hydrogens (tertiary/aromatic N) is 1. The largest absolute Gasteiger partial charge is 0.455 e. The van der Waals surface area contributed by atoms with Crippen molar-refractivity contribution in [1.29, 1.82) is 0 Å². The van der Waals surface area contributed by atoms with Gasteiger partial charge in [0, 0.05) is 16.2 Å². The Balaban J connectivity index is 0.877. The summed E-state index contributed by atoms with van der Waals surface area (Å²) in [6.45, 7) is 7.64. The topological polar surface area (TPSA) is 17.5 Å². The predicted molar refractivity (Wildman–Crippen MR) is 268 cm³/mol. The molecule has 0 N–H and O–H groups in total. The van der Waals surface area contributed by atoms with Crippen molar-refractivity contribution >= 4 is 114 Å². The molecule has 0 atom stereocenters. The molecule has 1 aromatic heterocycles. The van der Waals surface area contributed by atoms with Crippen LogP contribution in [-0.2, 0) is 0 Å². The van der Waals surface area contributed by atoms with E-state index in [0.717, 1.165) is 38.1 Å². The fraction of sp³-hybridized carbons (Fsp3) is 0. The van der Waals surface area contributed by atoms with Gasteiger partial charge in [-0.2, -0.15) is 0 Å². The average molecular weight is 796 g/mol. The van der Waals surface area contributed by atoms with E-state index in [-0.39, 0.29) is 0 Å². The van der Waals surface area contributed by atoms with Crippen molar-refractivity contribution in [3.8, 4) is 33.4 Å². The Morgan fingerprint density at radius 1 is 0.302 bits per heavy atom. The maximum Gasteiger partial charge on any atom is 0.188 e. The van der Waals surface area contributed by atoms with Gasteiger partial charge in [-0.3, -0.25) is 0 Å². The summed E-state index contributed by atoms with van der Waals surface area (Å²) in [6, 6.07) is 73.0. The normalized spacial score (nSPS) is 12.1. The molecule has 0 aliphatic rings. The zero-order valence-corrected chi connectivity index (χ0v) is 33.9. The summed E-state index contributed by atoms with van der Waals surface area (Å²) < 4.78 is 6.67. The molecule has 14 aromatic rings. The van der Waals surface area contributed by atoms with Crippen LogP contribution in [-0.4, -0.2) is 0 Å². The summed E-state index contributed by atoms with van der Waals surface area (Å²) in [5.41, 5.74) is 9.75. The summed E-state index contributed by atoms with van der Waals surface area (Å²) in [5.74, 6) is 0. The van der Waals surface area contributed by atoms with Gasteiger partial charge in [0.1, 0.15) is 11.2 Å². The lowest BCUT2D eigenvalue weighted by Gasteiger charge is -2.17. The van der Waals surface area contributed by atoms with Crippen LogP contribution in [0.4, 0.5) is 5.69 Å². The first-order chi connectivity index (χ1) is 31.2. The first-order valence-electron chi connectivity index (χ1n) is 21.5. The van der Waals surface area contributed by atoms with Gasteiger partial charge < -0.3 is 4.42 Å². The third-order valence-corrected chi connectivity index (χ3v) is 13.8. The van der Waals surface area contributed by atoms with Gasteiger partial charge in [-0.1, -0.05) is 164 Å². The Morgan fingerprint density at radius 2 is 0.825 bits per heavy atom. The SMILES string of the molecule is [C-]#[N+]c1cc2ccc3ccc(-c4ccc(-c5ccc(-c6ccc7c(c6)c6ccccc6c6cc8c(cc76)oc6c7ccccc7ccc86)cc5)c5ccccc45)c4ccc(c1)c2c34. The molecular formula is C61H33NO. The van der Waals surface area contributed by atoms with Crippen molar-refractivity contribution in [2.24, 2.45) is 0 Å². The number of benzene rings is 13. The minimum Gasteiger partial charge on any atom is -0.455 e.